The van der Waals surface area contributed by atoms with Crippen molar-refractivity contribution in [3.63, 3.8) is 0 Å². The van der Waals surface area contributed by atoms with Crippen LogP contribution in [0.25, 0.3) is 10.3 Å². The van der Waals surface area contributed by atoms with Crippen LogP contribution in [0.3, 0.4) is 0 Å². The van der Waals surface area contributed by atoms with E-state index in [9.17, 15) is 9.65 Å². The number of thiazole rings is 1. The topological polar surface area (TPSA) is 125 Å². The second-order valence-corrected chi connectivity index (χ2v) is 7.69. The van der Waals surface area contributed by atoms with Crippen molar-refractivity contribution in [2.24, 2.45) is 5.73 Å². The number of nitriles is 1. The van der Waals surface area contributed by atoms with Gasteiger partial charge in [0.1, 0.15) is 22.4 Å². The maximum atomic E-state index is 13.6. The highest BCUT2D eigenvalue weighted by atomic mass is 32.1. The highest BCUT2D eigenvalue weighted by Crippen LogP contribution is 2.36. The lowest BCUT2D eigenvalue weighted by Gasteiger charge is -2.09. The molecule has 3 aromatic heterocycles. The first-order valence-corrected chi connectivity index (χ1v) is 10.3. The molecule has 0 aliphatic carbocycles. The molecule has 156 valence electrons. The van der Waals surface area contributed by atoms with Gasteiger partial charge in [-0.1, -0.05) is 11.3 Å². The molecule has 0 fully saturated rings. The fraction of sp³-hybridized carbons (Fsp3) is 0.143. The van der Waals surface area contributed by atoms with E-state index in [0.717, 1.165) is 16.2 Å². The lowest BCUT2D eigenvalue weighted by Crippen LogP contribution is -2.13. The van der Waals surface area contributed by atoms with Crippen LogP contribution in [0.1, 0.15) is 11.1 Å². The van der Waals surface area contributed by atoms with Crippen molar-refractivity contribution in [3.05, 3.63) is 59.7 Å². The average Bonchev–Trinajstić information content (AvgIpc) is 3.19. The Hall–Kier alpha value is -3.81. The molecule has 8 nitrogen and oxygen atoms in total. The molecule has 0 unspecified atom stereocenters. The summed E-state index contributed by atoms with van der Waals surface area (Å²) in [5.74, 6) is 0.453. The normalized spacial score (nSPS) is 10.6. The standard InChI is InChI=1S/C21H19FN8S/c1-12-8-14(2-4-16(12)22)28-18-13(9-24)10-27-20-19(18)31-21(30-20)29-15-3-5-17(26-11-15)25-7-6-23/h2-5,8,10-11H,6-7,23H2,1H3,(H,25,26)(H2,27,28,29,30). The summed E-state index contributed by atoms with van der Waals surface area (Å²) < 4.78 is 14.3. The largest absolute Gasteiger partial charge is 0.369 e. The number of pyridine rings is 2. The third kappa shape index (κ3) is 4.53. The Morgan fingerprint density at radius 2 is 1.97 bits per heavy atom. The molecule has 5 N–H and O–H groups in total. The Kier molecular flexibility index (Phi) is 5.88. The molecule has 0 atom stereocenters. The number of halogens is 1. The summed E-state index contributed by atoms with van der Waals surface area (Å²) in [6.45, 7) is 2.86. The van der Waals surface area contributed by atoms with Gasteiger partial charge >= 0.3 is 0 Å². The van der Waals surface area contributed by atoms with E-state index in [1.807, 2.05) is 12.1 Å². The van der Waals surface area contributed by atoms with Gasteiger partial charge in [0.05, 0.1) is 23.1 Å². The second kappa shape index (κ2) is 8.91. The maximum absolute atomic E-state index is 13.6. The van der Waals surface area contributed by atoms with E-state index in [-0.39, 0.29) is 5.82 Å². The van der Waals surface area contributed by atoms with Crippen molar-refractivity contribution in [3.8, 4) is 6.07 Å². The Balaban J connectivity index is 1.63. The molecule has 4 rings (SSSR count). The molecule has 4 aromatic rings. The van der Waals surface area contributed by atoms with E-state index in [2.05, 4.69) is 37.0 Å². The highest BCUT2D eigenvalue weighted by molar-refractivity contribution is 7.22. The molecule has 0 spiro atoms. The van der Waals surface area contributed by atoms with E-state index in [4.69, 9.17) is 5.73 Å². The van der Waals surface area contributed by atoms with Gasteiger partial charge in [0.25, 0.3) is 0 Å². The predicted octanol–water partition coefficient (Wildman–Crippen LogP) is 4.26. The molecule has 0 bridgehead atoms. The van der Waals surface area contributed by atoms with Crippen LogP contribution in [0.2, 0.25) is 0 Å². The van der Waals surface area contributed by atoms with Gasteiger partial charge in [0.2, 0.25) is 0 Å². The van der Waals surface area contributed by atoms with Gasteiger partial charge in [0, 0.05) is 25.0 Å². The molecule has 3 heterocycles. The third-order valence-corrected chi connectivity index (χ3v) is 5.41. The van der Waals surface area contributed by atoms with Crippen molar-refractivity contribution in [1.29, 1.82) is 5.26 Å². The number of nitrogens with two attached hydrogens (primary N) is 1. The van der Waals surface area contributed by atoms with Gasteiger partial charge in [-0.25, -0.2) is 14.4 Å². The number of nitrogens with zero attached hydrogens (tertiary/aromatic N) is 4. The third-order valence-electron chi connectivity index (χ3n) is 4.43. The monoisotopic (exact) mass is 434 g/mol. The van der Waals surface area contributed by atoms with Crippen molar-refractivity contribution < 1.29 is 4.39 Å². The number of hydrogen-bond acceptors (Lipinski definition) is 9. The molecule has 10 heteroatoms. The van der Waals surface area contributed by atoms with Crippen molar-refractivity contribution in [2.75, 3.05) is 29.0 Å². The van der Waals surface area contributed by atoms with Gasteiger partial charge in [-0.2, -0.15) is 10.2 Å². The molecule has 0 saturated carbocycles. The number of hydrogen-bond donors (Lipinski definition) is 4. The minimum absolute atomic E-state index is 0.284. The number of aromatic nitrogens is 3. The van der Waals surface area contributed by atoms with E-state index >= 15 is 0 Å². The summed E-state index contributed by atoms with van der Waals surface area (Å²) in [4.78, 5) is 13.1. The molecule has 0 saturated heterocycles. The van der Waals surface area contributed by atoms with Gasteiger partial charge in [-0.3, -0.25) is 0 Å². The first kappa shape index (κ1) is 20.5. The van der Waals surface area contributed by atoms with Crippen LogP contribution in [0.15, 0.2) is 42.7 Å². The number of aryl methyl sites for hydroxylation is 1. The number of rotatable bonds is 7. The van der Waals surface area contributed by atoms with Crippen molar-refractivity contribution >= 4 is 49.7 Å². The van der Waals surface area contributed by atoms with Crippen molar-refractivity contribution in [1.82, 2.24) is 15.0 Å². The van der Waals surface area contributed by atoms with Crippen LogP contribution < -0.4 is 21.7 Å². The zero-order chi connectivity index (χ0) is 21.8. The van der Waals surface area contributed by atoms with Gasteiger partial charge in [-0.15, -0.1) is 0 Å². The van der Waals surface area contributed by atoms with Crippen LogP contribution in [-0.4, -0.2) is 28.0 Å². The van der Waals surface area contributed by atoms with Crippen LogP contribution in [-0.2, 0) is 0 Å². The summed E-state index contributed by atoms with van der Waals surface area (Å²) >= 11 is 1.36. The zero-order valence-corrected chi connectivity index (χ0v) is 17.4. The zero-order valence-electron chi connectivity index (χ0n) is 16.6. The smallest absolute Gasteiger partial charge is 0.189 e. The first-order valence-electron chi connectivity index (χ1n) is 9.47. The van der Waals surface area contributed by atoms with E-state index in [1.54, 1.807) is 25.3 Å². The molecule has 0 aliphatic heterocycles. The minimum atomic E-state index is -0.284. The average molecular weight is 435 g/mol. The van der Waals surface area contributed by atoms with Gasteiger partial charge in [0.15, 0.2) is 10.8 Å². The molecule has 31 heavy (non-hydrogen) atoms. The fourth-order valence-corrected chi connectivity index (χ4v) is 3.85. The summed E-state index contributed by atoms with van der Waals surface area (Å²) in [5.41, 5.74) is 8.90. The minimum Gasteiger partial charge on any atom is -0.369 e. The fourth-order valence-electron chi connectivity index (χ4n) is 2.90. The van der Waals surface area contributed by atoms with Crippen molar-refractivity contribution in [2.45, 2.75) is 6.92 Å². The Labute approximate surface area is 182 Å². The lowest BCUT2D eigenvalue weighted by molar-refractivity contribution is 0.619. The molecule has 0 amide bonds. The van der Waals surface area contributed by atoms with Gasteiger partial charge < -0.3 is 21.7 Å². The van der Waals surface area contributed by atoms with E-state index < -0.39 is 0 Å². The molecular formula is C21H19FN8S. The lowest BCUT2D eigenvalue weighted by atomic mass is 10.2. The maximum Gasteiger partial charge on any atom is 0.189 e. The Morgan fingerprint density at radius 1 is 1.13 bits per heavy atom. The summed E-state index contributed by atoms with van der Waals surface area (Å²) in [6, 6.07) is 10.6. The van der Waals surface area contributed by atoms with Gasteiger partial charge in [-0.05, 0) is 42.8 Å². The Morgan fingerprint density at radius 3 is 2.68 bits per heavy atom. The van der Waals surface area contributed by atoms with Crippen LogP contribution in [0.4, 0.5) is 32.4 Å². The molecular weight excluding hydrogens is 415 g/mol. The molecule has 0 aliphatic rings. The molecule has 1 aromatic carbocycles. The summed E-state index contributed by atoms with van der Waals surface area (Å²) in [7, 11) is 0. The van der Waals surface area contributed by atoms with Crippen LogP contribution in [0.5, 0.6) is 0 Å². The predicted molar refractivity (Wildman–Crippen MR) is 122 cm³/mol. The SMILES string of the molecule is Cc1cc(Nc2c(C#N)cnc3nc(Nc4ccc(NCCN)nc4)sc23)ccc1F. The summed E-state index contributed by atoms with van der Waals surface area (Å²) in [5, 5.41) is 19.7. The second-order valence-electron chi connectivity index (χ2n) is 6.69. The quantitative estimate of drug-likeness (QED) is 0.340. The van der Waals surface area contributed by atoms with Crippen LogP contribution in [0, 0.1) is 24.1 Å². The van der Waals surface area contributed by atoms with Crippen LogP contribution >= 0.6 is 11.3 Å². The number of nitrogens with one attached hydrogen (secondary N) is 3. The van der Waals surface area contributed by atoms with E-state index in [1.165, 1.54) is 23.6 Å². The summed E-state index contributed by atoms with van der Waals surface area (Å²) in [6.07, 6.45) is 3.17. The number of fused-ring (bicyclic) bond motifs is 1. The molecule has 0 radical (unpaired) electrons. The number of benzene rings is 1. The number of anilines is 5. The van der Waals surface area contributed by atoms with E-state index in [0.29, 0.717) is 46.4 Å². The first-order chi connectivity index (χ1) is 15.1. The Bertz CT molecular complexity index is 1260. The highest BCUT2D eigenvalue weighted by Gasteiger charge is 2.15.